The standard InChI is InChI=1S/C45H78O9SSi2/c1-31-25-35(22-23-39-32(2)26-34(51-39)19-18-24-46)52-40(33(31)3)28-41-38(30-55(47,48)37-20-16-15-17-21-37)43(49-10)42(53-41)27-36(54-57(13,14)45(7,8)9)29-50-56(11,12)44(4,5)6/h15-17,20-21,31,34-36,38-43,46H,2-3,18-19,22-30H2,1,4-14H3/t31-,34+,35?,36+,38+,39?,40?,41?,42-,43-/m1/s1. The summed E-state index contributed by atoms with van der Waals surface area (Å²) in [4.78, 5) is 0.297. The van der Waals surface area contributed by atoms with Crippen LogP contribution in [0.15, 0.2) is 59.5 Å². The lowest BCUT2D eigenvalue weighted by molar-refractivity contribution is -0.0782. The van der Waals surface area contributed by atoms with Gasteiger partial charge in [0.05, 0.1) is 66.1 Å². The van der Waals surface area contributed by atoms with Crippen LogP contribution in [0, 0.1) is 11.8 Å². The second-order valence-electron chi connectivity index (χ2n) is 20.2. The molecule has 3 saturated heterocycles. The SMILES string of the molecule is C=C1C[C@H](CCCO)OC1CCC1C[C@@H](C)C(=C)C(CC2O[C@H](C[C@@H](CO[Si](C)(C)C(C)(C)C)O[Si](C)(C)C(C)(C)C)[C@H](OC)[C@H]2CS(=O)(=O)c2ccccc2)O1. The predicted octanol–water partition coefficient (Wildman–Crippen LogP) is 9.67. The van der Waals surface area contributed by atoms with Crippen molar-refractivity contribution in [3.63, 3.8) is 0 Å². The van der Waals surface area contributed by atoms with E-state index in [9.17, 15) is 13.5 Å². The molecule has 0 saturated carbocycles. The lowest BCUT2D eigenvalue weighted by atomic mass is 9.83. The van der Waals surface area contributed by atoms with Gasteiger partial charge < -0.3 is 32.9 Å². The maximum atomic E-state index is 14.1. The van der Waals surface area contributed by atoms with Gasteiger partial charge in [-0.15, -0.1) is 0 Å². The number of aliphatic hydroxyl groups excluding tert-OH is 1. The van der Waals surface area contributed by atoms with Gasteiger partial charge in [-0.1, -0.05) is 79.8 Å². The van der Waals surface area contributed by atoms with Crippen molar-refractivity contribution in [3.05, 3.63) is 54.6 Å². The first-order valence-corrected chi connectivity index (χ1v) is 28.9. The van der Waals surface area contributed by atoms with Crippen molar-refractivity contribution < 1.29 is 41.3 Å². The molecule has 0 aliphatic carbocycles. The lowest BCUT2D eigenvalue weighted by Gasteiger charge is -2.42. The largest absolute Gasteiger partial charge is 0.414 e. The number of ether oxygens (including phenoxy) is 4. The number of hydrogen-bond acceptors (Lipinski definition) is 9. The van der Waals surface area contributed by atoms with Crippen LogP contribution in [0.4, 0.5) is 0 Å². The Kier molecular flexibility index (Phi) is 16.7. The van der Waals surface area contributed by atoms with E-state index >= 15 is 0 Å². The maximum Gasteiger partial charge on any atom is 0.192 e. The van der Waals surface area contributed by atoms with Crippen LogP contribution in [0.5, 0.6) is 0 Å². The van der Waals surface area contributed by atoms with E-state index in [0.29, 0.717) is 24.3 Å². The third kappa shape index (κ3) is 12.7. The topological polar surface area (TPSA) is 110 Å². The summed E-state index contributed by atoms with van der Waals surface area (Å²) in [7, 11) is -6.35. The lowest BCUT2D eigenvalue weighted by Crippen LogP contribution is -2.49. The highest BCUT2D eigenvalue weighted by molar-refractivity contribution is 7.91. The molecule has 4 rings (SSSR count). The summed E-state index contributed by atoms with van der Waals surface area (Å²) in [6.45, 7) is 34.2. The molecule has 4 unspecified atom stereocenters. The first kappa shape index (κ1) is 48.5. The summed E-state index contributed by atoms with van der Waals surface area (Å²) >= 11 is 0. The number of rotatable bonds is 19. The van der Waals surface area contributed by atoms with Crippen LogP contribution in [0.2, 0.25) is 36.3 Å². The van der Waals surface area contributed by atoms with Gasteiger partial charge in [0.2, 0.25) is 0 Å². The third-order valence-corrected chi connectivity index (χ3v) is 24.7. The maximum absolute atomic E-state index is 14.1. The molecule has 0 bridgehead atoms. The second kappa shape index (κ2) is 19.7. The molecule has 3 aliphatic heterocycles. The van der Waals surface area contributed by atoms with Crippen LogP contribution >= 0.6 is 0 Å². The summed E-state index contributed by atoms with van der Waals surface area (Å²) in [5.41, 5.74) is 2.14. The molecule has 1 N–H and O–H groups in total. The van der Waals surface area contributed by atoms with Gasteiger partial charge in [-0.05, 0) is 104 Å². The number of aliphatic hydroxyl groups is 1. The monoisotopic (exact) mass is 850 g/mol. The first-order valence-electron chi connectivity index (χ1n) is 21.4. The normalized spacial score (nSPS) is 29.9. The Morgan fingerprint density at radius 2 is 1.51 bits per heavy atom. The average molecular weight is 851 g/mol. The predicted molar refractivity (Wildman–Crippen MR) is 235 cm³/mol. The van der Waals surface area contributed by atoms with Crippen molar-refractivity contribution in [1.82, 2.24) is 0 Å². The minimum absolute atomic E-state index is 0.000157. The Morgan fingerprint density at radius 3 is 2.11 bits per heavy atom. The van der Waals surface area contributed by atoms with Gasteiger partial charge >= 0.3 is 0 Å². The number of sulfone groups is 1. The van der Waals surface area contributed by atoms with Crippen LogP contribution < -0.4 is 0 Å². The van der Waals surface area contributed by atoms with Gasteiger partial charge in [0.25, 0.3) is 0 Å². The third-order valence-electron chi connectivity index (χ3n) is 13.8. The molecule has 1 aromatic rings. The molecular formula is C45H78O9SSi2. The van der Waals surface area contributed by atoms with Gasteiger partial charge in [0.15, 0.2) is 26.5 Å². The molecule has 9 nitrogen and oxygen atoms in total. The molecule has 326 valence electrons. The first-order chi connectivity index (χ1) is 26.4. The van der Waals surface area contributed by atoms with Gasteiger partial charge in [0.1, 0.15) is 0 Å². The van der Waals surface area contributed by atoms with Crippen molar-refractivity contribution in [2.24, 2.45) is 11.8 Å². The zero-order valence-electron chi connectivity index (χ0n) is 37.5. The van der Waals surface area contributed by atoms with Crippen LogP contribution in [0.3, 0.4) is 0 Å². The summed E-state index contributed by atoms with van der Waals surface area (Å²) in [5, 5.41) is 9.32. The van der Waals surface area contributed by atoms with Gasteiger partial charge in [-0.3, -0.25) is 0 Å². The van der Waals surface area contributed by atoms with Gasteiger partial charge in [-0.2, -0.15) is 0 Å². The van der Waals surface area contributed by atoms with E-state index in [1.807, 2.05) is 6.07 Å². The molecule has 0 radical (unpaired) electrons. The number of benzene rings is 1. The van der Waals surface area contributed by atoms with Crippen molar-refractivity contribution in [1.29, 1.82) is 0 Å². The molecular weight excluding hydrogens is 773 g/mol. The smallest absolute Gasteiger partial charge is 0.192 e. The summed E-state index contributed by atoms with van der Waals surface area (Å²) in [5.74, 6) is -0.324. The molecule has 57 heavy (non-hydrogen) atoms. The van der Waals surface area contributed by atoms with Crippen molar-refractivity contribution >= 4 is 26.5 Å². The van der Waals surface area contributed by atoms with Crippen LogP contribution in [-0.4, -0.2) is 105 Å². The van der Waals surface area contributed by atoms with E-state index in [4.69, 9.17) is 27.8 Å². The zero-order chi connectivity index (χ0) is 42.6. The van der Waals surface area contributed by atoms with Crippen molar-refractivity contribution in [2.75, 3.05) is 26.1 Å². The highest BCUT2D eigenvalue weighted by Gasteiger charge is 2.50. The highest BCUT2D eigenvalue weighted by atomic mass is 32.2. The van der Waals surface area contributed by atoms with E-state index < -0.39 is 50.7 Å². The molecule has 0 amide bonds. The molecule has 3 aliphatic rings. The van der Waals surface area contributed by atoms with Gasteiger partial charge in [0, 0.05) is 32.5 Å². The van der Waals surface area contributed by atoms with Crippen LogP contribution in [0.25, 0.3) is 0 Å². The molecule has 3 heterocycles. The van der Waals surface area contributed by atoms with Gasteiger partial charge in [-0.25, -0.2) is 8.42 Å². The molecule has 10 atom stereocenters. The van der Waals surface area contributed by atoms with Crippen molar-refractivity contribution in [3.8, 4) is 0 Å². The van der Waals surface area contributed by atoms with E-state index in [2.05, 4.69) is 87.8 Å². The summed E-state index contributed by atoms with van der Waals surface area (Å²) < 4.78 is 68.6. The van der Waals surface area contributed by atoms with E-state index in [-0.39, 0.29) is 58.9 Å². The fraction of sp³-hybridized carbons (Fsp3) is 0.778. The van der Waals surface area contributed by atoms with Crippen LogP contribution in [0.1, 0.15) is 99.8 Å². The van der Waals surface area contributed by atoms with E-state index in [1.165, 1.54) is 0 Å². The fourth-order valence-corrected chi connectivity index (χ4v) is 12.1. The van der Waals surface area contributed by atoms with E-state index in [0.717, 1.165) is 49.7 Å². The van der Waals surface area contributed by atoms with Crippen LogP contribution in [-0.2, 0) is 37.6 Å². The highest BCUT2D eigenvalue weighted by Crippen LogP contribution is 2.44. The Labute approximate surface area is 348 Å². The summed E-state index contributed by atoms with van der Waals surface area (Å²) in [6, 6.07) is 8.68. The number of hydrogen-bond donors (Lipinski definition) is 1. The second-order valence-corrected chi connectivity index (χ2v) is 31.8. The summed E-state index contributed by atoms with van der Waals surface area (Å²) in [6.07, 6.45) is 4.12. The fourth-order valence-electron chi connectivity index (χ4n) is 8.08. The Morgan fingerprint density at radius 1 is 0.877 bits per heavy atom. The molecule has 12 heteroatoms. The minimum Gasteiger partial charge on any atom is -0.414 e. The molecule has 1 aromatic carbocycles. The van der Waals surface area contributed by atoms with E-state index in [1.54, 1.807) is 31.4 Å². The molecule has 3 fully saturated rings. The Bertz CT molecular complexity index is 1570. The quantitative estimate of drug-likeness (QED) is 0.108. The molecule has 0 aromatic heterocycles. The Balaban J connectivity index is 1.59. The number of methoxy groups -OCH3 is 1. The minimum atomic E-state index is -3.68. The van der Waals surface area contributed by atoms with Crippen molar-refractivity contribution in [2.45, 2.75) is 190 Å². The average Bonchev–Trinajstić information content (AvgIpc) is 3.63. The Hall–Kier alpha value is -1.20. The zero-order valence-corrected chi connectivity index (χ0v) is 40.3. The molecule has 0 spiro atoms.